The molecule has 3 heteroatoms. The van der Waals surface area contributed by atoms with Crippen molar-refractivity contribution in [2.45, 2.75) is 6.92 Å². The molecule has 0 aliphatic heterocycles. The SMILES string of the molecule is [CH2]C.[O]=[Ti]=[O]. The fourth-order valence-corrected chi connectivity index (χ4v) is 0. The van der Waals surface area contributed by atoms with Crippen molar-refractivity contribution < 1.29 is 25.7 Å². The fraction of sp³-hybridized carbons (Fsp3) is 0.500. The summed E-state index contributed by atoms with van der Waals surface area (Å²) in [5.41, 5.74) is 0. The molecule has 0 aliphatic carbocycles. The Bertz CT molecular complexity index is 28.6. The van der Waals surface area contributed by atoms with E-state index in [1.54, 1.807) is 6.92 Å². The Hall–Kier alpha value is 0.314. The van der Waals surface area contributed by atoms with Crippen LogP contribution in [0.3, 0.4) is 0 Å². The molecule has 0 saturated carbocycles. The molecule has 0 rings (SSSR count). The molecular weight excluding hydrogens is 104 g/mol. The third-order valence-corrected chi connectivity index (χ3v) is 0. The van der Waals surface area contributed by atoms with Crippen LogP contribution < -0.4 is 0 Å². The van der Waals surface area contributed by atoms with Gasteiger partial charge >= 0.3 is 25.7 Å². The molecular formula is C2H5O2Ti. The van der Waals surface area contributed by atoms with Gasteiger partial charge in [-0.1, -0.05) is 13.8 Å². The first-order valence-electron chi connectivity index (χ1n) is 1.12. The zero-order chi connectivity index (χ0) is 4.71. The molecule has 0 aromatic heterocycles. The van der Waals surface area contributed by atoms with Gasteiger partial charge in [0.15, 0.2) is 0 Å². The van der Waals surface area contributed by atoms with Crippen LogP contribution in [0.15, 0.2) is 0 Å². The Balaban J connectivity index is 0. The number of rotatable bonds is 0. The predicted octanol–water partition coefficient (Wildman–Crippen LogP) is 0.600. The Labute approximate surface area is 40.1 Å². The summed E-state index contributed by atoms with van der Waals surface area (Å²) in [7, 11) is 0. The second-order valence-electron chi connectivity index (χ2n) is 0.0833. The van der Waals surface area contributed by atoms with Crippen LogP contribution in [0.1, 0.15) is 6.92 Å². The van der Waals surface area contributed by atoms with Gasteiger partial charge in [-0.3, -0.25) is 0 Å². The molecule has 0 aromatic carbocycles. The summed E-state index contributed by atoms with van der Waals surface area (Å²) in [6.45, 7) is 5.00. The molecule has 0 aliphatic rings. The number of hydrogen-bond acceptors (Lipinski definition) is 2. The summed E-state index contributed by atoms with van der Waals surface area (Å²) in [6, 6.07) is 0. The van der Waals surface area contributed by atoms with Gasteiger partial charge in [0.1, 0.15) is 0 Å². The molecule has 29 valence electrons. The van der Waals surface area contributed by atoms with E-state index < -0.39 is 19.1 Å². The molecule has 0 heterocycles. The normalized spacial score (nSPS) is 2.80. The maximum absolute atomic E-state index is 8.50. The molecule has 0 unspecified atom stereocenters. The van der Waals surface area contributed by atoms with Gasteiger partial charge in [0.2, 0.25) is 0 Å². The summed E-state index contributed by atoms with van der Waals surface area (Å²) >= 11 is -2.00. The summed E-state index contributed by atoms with van der Waals surface area (Å²) in [5.74, 6) is 0. The van der Waals surface area contributed by atoms with Crippen molar-refractivity contribution in [1.82, 2.24) is 0 Å². The van der Waals surface area contributed by atoms with Gasteiger partial charge in [-0.05, 0) is 0 Å². The maximum atomic E-state index is 8.50. The van der Waals surface area contributed by atoms with E-state index in [0.29, 0.717) is 0 Å². The first-order chi connectivity index (χ1) is 2.41. The summed E-state index contributed by atoms with van der Waals surface area (Å²) in [5, 5.41) is 0. The molecule has 0 spiro atoms. The van der Waals surface area contributed by atoms with E-state index in [1.165, 1.54) is 0 Å². The zero-order valence-electron chi connectivity index (χ0n) is 3.02. The third kappa shape index (κ3) is 234. The third-order valence-electron chi connectivity index (χ3n) is 0. The van der Waals surface area contributed by atoms with E-state index in [2.05, 4.69) is 6.92 Å². The van der Waals surface area contributed by atoms with Crippen molar-refractivity contribution in [1.29, 1.82) is 0 Å². The molecule has 2 nitrogen and oxygen atoms in total. The van der Waals surface area contributed by atoms with E-state index >= 15 is 0 Å². The minimum absolute atomic E-state index is 1.75. The van der Waals surface area contributed by atoms with Gasteiger partial charge < -0.3 is 0 Å². The van der Waals surface area contributed by atoms with Crippen LogP contribution in [0.25, 0.3) is 0 Å². The van der Waals surface area contributed by atoms with E-state index in [1.807, 2.05) is 0 Å². The van der Waals surface area contributed by atoms with E-state index in [4.69, 9.17) is 6.65 Å². The van der Waals surface area contributed by atoms with Crippen LogP contribution in [-0.2, 0) is 25.7 Å². The van der Waals surface area contributed by atoms with Gasteiger partial charge in [0.25, 0.3) is 0 Å². The Kier molecular flexibility index (Phi) is 49.4. The molecule has 5 heavy (non-hydrogen) atoms. The second kappa shape index (κ2) is 27.4. The van der Waals surface area contributed by atoms with Gasteiger partial charge in [-0.25, -0.2) is 0 Å². The fourth-order valence-electron chi connectivity index (χ4n) is 0. The minimum atomic E-state index is -2.00. The van der Waals surface area contributed by atoms with Crippen molar-refractivity contribution in [3.05, 3.63) is 6.92 Å². The van der Waals surface area contributed by atoms with Crippen LogP contribution in [0.4, 0.5) is 0 Å². The predicted molar refractivity (Wildman–Crippen MR) is 12.4 cm³/mol. The molecule has 0 atom stereocenters. The average molecular weight is 109 g/mol. The van der Waals surface area contributed by atoms with Crippen LogP contribution in [0, 0.1) is 6.92 Å². The number of hydrogen-bond donors (Lipinski definition) is 0. The molecule has 0 amide bonds. The molecule has 0 saturated heterocycles. The topological polar surface area (TPSA) is 34.1 Å². The van der Waals surface area contributed by atoms with E-state index in [9.17, 15) is 0 Å². The van der Waals surface area contributed by atoms with Crippen molar-refractivity contribution in [3.8, 4) is 0 Å². The van der Waals surface area contributed by atoms with E-state index in [-0.39, 0.29) is 0 Å². The summed E-state index contributed by atoms with van der Waals surface area (Å²) < 4.78 is 17.0. The Morgan fingerprint density at radius 2 is 1.40 bits per heavy atom. The zero-order valence-corrected chi connectivity index (χ0v) is 4.59. The van der Waals surface area contributed by atoms with Crippen molar-refractivity contribution in [2.75, 3.05) is 0 Å². The monoisotopic (exact) mass is 109 g/mol. The van der Waals surface area contributed by atoms with Crippen molar-refractivity contribution in [3.63, 3.8) is 0 Å². The summed E-state index contributed by atoms with van der Waals surface area (Å²) in [4.78, 5) is 0. The van der Waals surface area contributed by atoms with Crippen LogP contribution in [0.5, 0.6) is 0 Å². The molecule has 1 radical (unpaired) electrons. The standard InChI is InChI=1S/C2H5.2O.Ti/c1-2;;;/h1H2,2H3;;;. The molecule has 0 fully saturated rings. The van der Waals surface area contributed by atoms with Gasteiger partial charge in [-0.2, -0.15) is 0 Å². The van der Waals surface area contributed by atoms with Gasteiger partial charge in [0.05, 0.1) is 0 Å². The van der Waals surface area contributed by atoms with Gasteiger partial charge in [0, 0.05) is 0 Å². The Morgan fingerprint density at radius 1 is 1.40 bits per heavy atom. The van der Waals surface area contributed by atoms with E-state index in [0.717, 1.165) is 0 Å². The van der Waals surface area contributed by atoms with Crippen LogP contribution in [0.2, 0.25) is 0 Å². The molecule has 0 N–H and O–H groups in total. The van der Waals surface area contributed by atoms with Gasteiger partial charge in [-0.15, -0.1) is 0 Å². The van der Waals surface area contributed by atoms with Crippen molar-refractivity contribution >= 4 is 0 Å². The van der Waals surface area contributed by atoms with Crippen molar-refractivity contribution in [2.24, 2.45) is 0 Å². The molecule has 0 aromatic rings. The molecule has 0 bridgehead atoms. The van der Waals surface area contributed by atoms with Crippen LogP contribution >= 0.6 is 0 Å². The first kappa shape index (κ1) is 9.00. The Morgan fingerprint density at radius 3 is 1.40 bits per heavy atom. The quantitative estimate of drug-likeness (QED) is 0.427. The summed E-state index contributed by atoms with van der Waals surface area (Å²) in [6.07, 6.45) is 0. The first-order valence-corrected chi connectivity index (χ1v) is 2.39. The second-order valence-corrected chi connectivity index (χ2v) is 0.344. The average Bonchev–Trinajstić information content (AvgIpc) is 1.46. The van der Waals surface area contributed by atoms with Crippen LogP contribution in [-0.4, -0.2) is 0 Å².